The largest absolute Gasteiger partial charge is 0.481 e. The van der Waals surface area contributed by atoms with Crippen LogP contribution in [0.2, 0.25) is 0 Å². The minimum Gasteiger partial charge on any atom is -0.481 e. The maximum atomic E-state index is 12.0. The molecule has 1 N–H and O–H groups in total. The van der Waals surface area contributed by atoms with E-state index in [2.05, 4.69) is 26.0 Å². The van der Waals surface area contributed by atoms with Gasteiger partial charge in [0.25, 0.3) is 0 Å². The molecule has 0 amide bonds. The third-order valence-electron chi connectivity index (χ3n) is 5.15. The van der Waals surface area contributed by atoms with Crippen molar-refractivity contribution >= 4 is 5.97 Å². The molecule has 1 heterocycles. The van der Waals surface area contributed by atoms with Gasteiger partial charge < -0.3 is 9.84 Å². The number of carboxylic acids is 1. The van der Waals surface area contributed by atoms with Crippen LogP contribution in [-0.2, 0) is 22.4 Å². The van der Waals surface area contributed by atoms with Crippen molar-refractivity contribution in [1.82, 2.24) is 0 Å². The molecule has 1 fully saturated rings. The second kappa shape index (κ2) is 5.13. The van der Waals surface area contributed by atoms with E-state index >= 15 is 0 Å². The van der Waals surface area contributed by atoms with Crippen molar-refractivity contribution in [2.45, 2.75) is 64.1 Å². The fraction of sp³-hybridized carbons (Fsp3) is 0.611. The van der Waals surface area contributed by atoms with Crippen LogP contribution >= 0.6 is 0 Å². The predicted octanol–water partition coefficient (Wildman–Crippen LogP) is 3.59. The summed E-state index contributed by atoms with van der Waals surface area (Å²) in [4.78, 5) is 12.0. The van der Waals surface area contributed by atoms with E-state index in [0.29, 0.717) is 12.8 Å². The van der Waals surface area contributed by atoms with Crippen LogP contribution < -0.4 is 0 Å². The molecule has 1 aromatic rings. The lowest BCUT2D eigenvalue weighted by Gasteiger charge is -2.36. The minimum atomic E-state index is -0.662. The van der Waals surface area contributed by atoms with Gasteiger partial charge in [-0.2, -0.15) is 0 Å². The van der Waals surface area contributed by atoms with Gasteiger partial charge in [0.15, 0.2) is 0 Å². The van der Waals surface area contributed by atoms with Gasteiger partial charge >= 0.3 is 5.97 Å². The van der Waals surface area contributed by atoms with Gasteiger partial charge in [0.1, 0.15) is 0 Å². The monoisotopic (exact) mass is 288 g/mol. The Morgan fingerprint density at radius 1 is 1.29 bits per heavy atom. The third-order valence-corrected chi connectivity index (χ3v) is 5.15. The van der Waals surface area contributed by atoms with Gasteiger partial charge in [0.05, 0.1) is 17.1 Å². The van der Waals surface area contributed by atoms with Crippen LogP contribution in [-0.4, -0.2) is 22.8 Å². The number of carboxylic acid groups (broad SMARTS) is 1. The van der Waals surface area contributed by atoms with Crippen LogP contribution in [0.3, 0.4) is 0 Å². The first-order valence-corrected chi connectivity index (χ1v) is 7.88. The quantitative estimate of drug-likeness (QED) is 0.924. The molecule has 3 rings (SSSR count). The highest BCUT2D eigenvalue weighted by atomic mass is 16.5. The van der Waals surface area contributed by atoms with E-state index < -0.39 is 11.4 Å². The van der Waals surface area contributed by atoms with Crippen molar-refractivity contribution in [3.05, 3.63) is 35.4 Å². The SMILES string of the molecule is CC1(C)CCC(CC2(C(=O)O)CCc3ccccc3C2)O1. The van der Waals surface area contributed by atoms with Crippen LogP contribution in [0.15, 0.2) is 24.3 Å². The van der Waals surface area contributed by atoms with Gasteiger partial charge in [-0.15, -0.1) is 0 Å². The summed E-state index contributed by atoms with van der Waals surface area (Å²) < 4.78 is 6.05. The zero-order valence-electron chi connectivity index (χ0n) is 12.9. The summed E-state index contributed by atoms with van der Waals surface area (Å²) in [5.74, 6) is -0.662. The molecule has 1 aliphatic carbocycles. The van der Waals surface area contributed by atoms with Gasteiger partial charge in [-0.3, -0.25) is 4.79 Å². The van der Waals surface area contributed by atoms with Crippen molar-refractivity contribution in [2.24, 2.45) is 5.41 Å². The number of fused-ring (bicyclic) bond motifs is 1. The average molecular weight is 288 g/mol. The first-order chi connectivity index (χ1) is 9.90. The Bertz CT molecular complexity index is 549. The van der Waals surface area contributed by atoms with Crippen LogP contribution in [0.4, 0.5) is 0 Å². The zero-order valence-corrected chi connectivity index (χ0v) is 12.9. The summed E-state index contributed by atoms with van der Waals surface area (Å²) in [6, 6.07) is 8.24. The highest BCUT2D eigenvalue weighted by Crippen LogP contribution is 2.43. The molecule has 114 valence electrons. The highest BCUT2D eigenvalue weighted by Gasteiger charge is 2.45. The molecule has 1 aromatic carbocycles. The molecule has 1 saturated heterocycles. The average Bonchev–Trinajstić information content (AvgIpc) is 2.77. The van der Waals surface area contributed by atoms with Gasteiger partial charge in [-0.1, -0.05) is 24.3 Å². The van der Waals surface area contributed by atoms with E-state index in [1.165, 1.54) is 11.1 Å². The Balaban J connectivity index is 1.81. The van der Waals surface area contributed by atoms with Crippen LogP contribution in [0, 0.1) is 5.41 Å². The van der Waals surface area contributed by atoms with Gasteiger partial charge in [0, 0.05) is 0 Å². The Kier molecular flexibility index (Phi) is 3.56. The summed E-state index contributed by atoms with van der Waals surface area (Å²) in [7, 11) is 0. The summed E-state index contributed by atoms with van der Waals surface area (Å²) in [6.45, 7) is 4.19. The number of rotatable bonds is 3. The maximum absolute atomic E-state index is 12.0. The number of hydrogen-bond acceptors (Lipinski definition) is 2. The lowest BCUT2D eigenvalue weighted by Crippen LogP contribution is -2.40. The third kappa shape index (κ3) is 2.84. The summed E-state index contributed by atoms with van der Waals surface area (Å²) >= 11 is 0. The van der Waals surface area contributed by atoms with Crippen molar-refractivity contribution in [3.63, 3.8) is 0 Å². The lowest BCUT2D eigenvalue weighted by atomic mass is 9.68. The second-order valence-electron chi connectivity index (χ2n) is 7.27. The number of benzene rings is 1. The summed E-state index contributed by atoms with van der Waals surface area (Å²) in [5, 5.41) is 9.85. The second-order valence-corrected chi connectivity index (χ2v) is 7.27. The fourth-order valence-corrected chi connectivity index (χ4v) is 3.90. The van der Waals surface area contributed by atoms with Gasteiger partial charge in [-0.05, 0) is 63.5 Å². The van der Waals surface area contributed by atoms with Crippen LogP contribution in [0.25, 0.3) is 0 Å². The molecule has 3 nitrogen and oxygen atoms in total. The van der Waals surface area contributed by atoms with E-state index in [1.54, 1.807) is 0 Å². The predicted molar refractivity (Wildman–Crippen MR) is 81.3 cm³/mol. The molecule has 0 radical (unpaired) electrons. The molecular weight excluding hydrogens is 264 g/mol. The normalized spacial score (nSPS) is 30.9. The molecule has 3 heteroatoms. The Labute approximate surface area is 126 Å². The molecule has 0 saturated carbocycles. The number of ether oxygens (including phenoxy) is 1. The van der Waals surface area contributed by atoms with E-state index in [1.807, 2.05) is 12.1 Å². The smallest absolute Gasteiger partial charge is 0.310 e. The molecule has 0 spiro atoms. The Morgan fingerprint density at radius 3 is 2.62 bits per heavy atom. The topological polar surface area (TPSA) is 46.5 Å². The molecule has 2 aliphatic rings. The number of carbonyl (C=O) groups is 1. The molecular formula is C18H24O3. The van der Waals surface area contributed by atoms with Crippen molar-refractivity contribution in [3.8, 4) is 0 Å². The fourth-order valence-electron chi connectivity index (χ4n) is 3.90. The van der Waals surface area contributed by atoms with Crippen LogP contribution in [0.1, 0.15) is 50.7 Å². The van der Waals surface area contributed by atoms with Crippen molar-refractivity contribution in [2.75, 3.05) is 0 Å². The molecule has 0 aromatic heterocycles. The Morgan fingerprint density at radius 2 is 2.00 bits per heavy atom. The van der Waals surface area contributed by atoms with Crippen molar-refractivity contribution in [1.29, 1.82) is 0 Å². The zero-order chi connectivity index (χ0) is 15.1. The van der Waals surface area contributed by atoms with Gasteiger partial charge in [-0.25, -0.2) is 0 Å². The maximum Gasteiger partial charge on any atom is 0.310 e. The molecule has 1 aliphatic heterocycles. The molecule has 21 heavy (non-hydrogen) atoms. The van der Waals surface area contributed by atoms with E-state index in [9.17, 15) is 9.90 Å². The molecule has 2 atom stereocenters. The lowest BCUT2D eigenvalue weighted by molar-refractivity contribution is -0.153. The Hall–Kier alpha value is -1.35. The van der Waals surface area contributed by atoms with Crippen LogP contribution in [0.5, 0.6) is 0 Å². The number of hydrogen-bond donors (Lipinski definition) is 1. The number of aryl methyl sites for hydroxylation is 1. The van der Waals surface area contributed by atoms with E-state index in [0.717, 1.165) is 25.7 Å². The standard InChI is InChI=1S/C18H24O3/c1-17(2)9-8-15(21-17)12-18(16(19)20)10-7-13-5-3-4-6-14(13)11-18/h3-6,15H,7-12H2,1-2H3,(H,19,20). The van der Waals surface area contributed by atoms with Gasteiger partial charge in [0.2, 0.25) is 0 Å². The highest BCUT2D eigenvalue weighted by molar-refractivity contribution is 5.75. The summed E-state index contributed by atoms with van der Waals surface area (Å²) in [5.41, 5.74) is 1.75. The first-order valence-electron chi connectivity index (χ1n) is 7.88. The molecule has 2 unspecified atom stereocenters. The summed E-state index contributed by atoms with van der Waals surface area (Å²) in [6.07, 6.45) is 4.94. The van der Waals surface area contributed by atoms with E-state index in [4.69, 9.17) is 4.74 Å². The minimum absolute atomic E-state index is 0.0846. The van der Waals surface area contributed by atoms with E-state index in [-0.39, 0.29) is 11.7 Å². The number of aliphatic carboxylic acids is 1. The molecule has 0 bridgehead atoms. The van der Waals surface area contributed by atoms with Crippen molar-refractivity contribution < 1.29 is 14.6 Å². The first kappa shape index (κ1) is 14.6.